The van der Waals surface area contributed by atoms with Gasteiger partial charge in [0.05, 0.1) is 12.5 Å². The lowest BCUT2D eigenvalue weighted by atomic mass is 10.00. The molecule has 13 nitrogen and oxygen atoms in total. The molecule has 4 amide bonds. The smallest absolute Gasteiger partial charge is 0.326 e. The maximum Gasteiger partial charge on any atom is 0.326 e. The van der Waals surface area contributed by atoms with Crippen LogP contribution in [0.25, 0.3) is 0 Å². The first-order valence-corrected chi connectivity index (χ1v) is 11.7. The molecule has 0 saturated heterocycles. The zero-order valence-electron chi connectivity index (χ0n) is 20.8. The molecule has 1 aromatic carbocycles. The van der Waals surface area contributed by atoms with Crippen LogP contribution in [0, 0.1) is 5.92 Å². The average molecular weight is 522 g/mol. The molecule has 0 saturated carbocycles. The molecule has 0 bridgehead atoms. The second-order valence-electron chi connectivity index (χ2n) is 9.05. The molecule has 0 spiro atoms. The van der Waals surface area contributed by atoms with Crippen LogP contribution in [-0.4, -0.2) is 69.9 Å². The SMILES string of the molecule is CC(C)CC(NC(=O)C(Cc1ccccc1)NC(=O)C(N)CC(N)=O)C(=O)NC(CCC(=O)O)C(=O)O. The highest BCUT2D eigenvalue weighted by Gasteiger charge is 2.31. The maximum atomic E-state index is 13.2. The van der Waals surface area contributed by atoms with E-state index < -0.39 is 72.6 Å². The summed E-state index contributed by atoms with van der Waals surface area (Å²) in [6, 6.07) is 3.60. The van der Waals surface area contributed by atoms with Gasteiger partial charge in [-0.25, -0.2) is 4.79 Å². The molecule has 0 radical (unpaired) electrons. The normalized spacial score (nSPS) is 14.1. The summed E-state index contributed by atoms with van der Waals surface area (Å²) in [5, 5.41) is 25.5. The van der Waals surface area contributed by atoms with Crippen molar-refractivity contribution < 1.29 is 39.0 Å². The van der Waals surface area contributed by atoms with Crippen molar-refractivity contribution in [3.8, 4) is 0 Å². The van der Waals surface area contributed by atoms with Crippen molar-refractivity contribution in [2.75, 3.05) is 0 Å². The Labute approximate surface area is 214 Å². The van der Waals surface area contributed by atoms with Gasteiger partial charge in [0.1, 0.15) is 18.1 Å². The van der Waals surface area contributed by atoms with Crippen LogP contribution in [0.15, 0.2) is 30.3 Å². The first kappa shape index (κ1) is 31.0. The quantitative estimate of drug-likeness (QED) is 0.139. The van der Waals surface area contributed by atoms with Crippen molar-refractivity contribution in [2.45, 2.75) is 70.1 Å². The minimum Gasteiger partial charge on any atom is -0.481 e. The fourth-order valence-electron chi connectivity index (χ4n) is 3.42. The van der Waals surface area contributed by atoms with Crippen LogP contribution in [0.3, 0.4) is 0 Å². The van der Waals surface area contributed by atoms with E-state index in [1.54, 1.807) is 44.2 Å². The number of carboxylic acids is 2. The molecular weight excluding hydrogens is 486 g/mol. The van der Waals surface area contributed by atoms with Gasteiger partial charge in [-0.3, -0.25) is 24.0 Å². The molecule has 0 aliphatic carbocycles. The average Bonchev–Trinajstić information content (AvgIpc) is 2.80. The van der Waals surface area contributed by atoms with Crippen LogP contribution in [0.2, 0.25) is 0 Å². The minimum absolute atomic E-state index is 0.0358. The number of primary amides is 1. The van der Waals surface area contributed by atoms with E-state index in [0.29, 0.717) is 5.56 Å². The van der Waals surface area contributed by atoms with Gasteiger partial charge in [0.25, 0.3) is 0 Å². The molecule has 0 aromatic heterocycles. The molecule has 1 aromatic rings. The summed E-state index contributed by atoms with van der Waals surface area (Å²) >= 11 is 0. The summed E-state index contributed by atoms with van der Waals surface area (Å²) in [7, 11) is 0. The van der Waals surface area contributed by atoms with Gasteiger partial charge in [-0.05, 0) is 24.3 Å². The third kappa shape index (κ3) is 12.0. The van der Waals surface area contributed by atoms with E-state index in [1.807, 2.05) is 0 Å². The monoisotopic (exact) mass is 521 g/mol. The lowest BCUT2D eigenvalue weighted by Crippen LogP contribution is -2.58. The fraction of sp³-hybridized carbons (Fsp3) is 0.500. The largest absolute Gasteiger partial charge is 0.481 e. The van der Waals surface area contributed by atoms with Gasteiger partial charge in [0, 0.05) is 12.8 Å². The van der Waals surface area contributed by atoms with Gasteiger partial charge in [-0.1, -0.05) is 44.2 Å². The lowest BCUT2D eigenvalue weighted by Gasteiger charge is -2.26. The van der Waals surface area contributed by atoms with Gasteiger partial charge < -0.3 is 37.6 Å². The number of nitrogens with two attached hydrogens (primary N) is 2. The zero-order valence-corrected chi connectivity index (χ0v) is 20.8. The standard InChI is InChI=1S/C24H35N5O8/c1-13(2)10-17(22(34)27-16(24(36)37)8-9-20(31)32)29-23(35)18(11-14-6-4-3-5-7-14)28-21(33)15(25)12-19(26)30/h3-7,13,15-18H,8-12,25H2,1-2H3,(H2,26,30)(H,27,34)(H,28,33)(H,29,35)(H,31,32)(H,36,37). The molecule has 0 aliphatic heterocycles. The molecular formula is C24H35N5O8. The Morgan fingerprint density at radius 2 is 1.38 bits per heavy atom. The molecule has 1 rings (SSSR count). The maximum absolute atomic E-state index is 13.2. The Balaban J connectivity index is 3.10. The first-order chi connectivity index (χ1) is 17.3. The number of amides is 4. The Hall–Kier alpha value is -4.00. The predicted octanol–water partition coefficient (Wildman–Crippen LogP) is -1.12. The van der Waals surface area contributed by atoms with Crippen LogP contribution >= 0.6 is 0 Å². The van der Waals surface area contributed by atoms with Crippen molar-refractivity contribution in [1.29, 1.82) is 0 Å². The molecule has 0 heterocycles. The number of hydrogen-bond donors (Lipinski definition) is 7. The van der Waals surface area contributed by atoms with E-state index in [2.05, 4.69) is 16.0 Å². The van der Waals surface area contributed by atoms with Crippen LogP contribution < -0.4 is 27.4 Å². The molecule has 4 unspecified atom stereocenters. The Kier molecular flexibility index (Phi) is 12.7. The third-order valence-electron chi connectivity index (χ3n) is 5.28. The van der Waals surface area contributed by atoms with Crippen molar-refractivity contribution in [2.24, 2.45) is 17.4 Å². The third-order valence-corrected chi connectivity index (χ3v) is 5.28. The van der Waals surface area contributed by atoms with Gasteiger partial charge in [-0.2, -0.15) is 0 Å². The predicted molar refractivity (Wildman–Crippen MR) is 132 cm³/mol. The number of nitrogens with one attached hydrogen (secondary N) is 3. The second-order valence-corrected chi connectivity index (χ2v) is 9.05. The van der Waals surface area contributed by atoms with Crippen LogP contribution in [0.1, 0.15) is 45.1 Å². The van der Waals surface area contributed by atoms with E-state index in [-0.39, 0.29) is 25.2 Å². The lowest BCUT2D eigenvalue weighted by molar-refractivity contribution is -0.143. The summed E-state index contributed by atoms with van der Waals surface area (Å²) in [4.78, 5) is 72.1. The number of rotatable bonds is 16. The van der Waals surface area contributed by atoms with Crippen LogP contribution in [-0.2, 0) is 35.2 Å². The molecule has 13 heteroatoms. The van der Waals surface area contributed by atoms with Gasteiger partial charge in [0.15, 0.2) is 0 Å². The van der Waals surface area contributed by atoms with E-state index >= 15 is 0 Å². The van der Waals surface area contributed by atoms with Crippen LogP contribution in [0.4, 0.5) is 0 Å². The fourth-order valence-corrected chi connectivity index (χ4v) is 3.42. The zero-order chi connectivity index (χ0) is 28.1. The molecule has 204 valence electrons. The summed E-state index contributed by atoms with van der Waals surface area (Å²) in [6.07, 6.45) is -1.08. The van der Waals surface area contributed by atoms with Gasteiger partial charge in [-0.15, -0.1) is 0 Å². The number of benzene rings is 1. The number of carboxylic acid groups (broad SMARTS) is 2. The number of hydrogen-bond acceptors (Lipinski definition) is 7. The Morgan fingerprint density at radius 3 is 1.89 bits per heavy atom. The highest BCUT2D eigenvalue weighted by molar-refractivity contribution is 5.95. The van der Waals surface area contributed by atoms with E-state index in [9.17, 15) is 33.9 Å². The number of aliphatic carboxylic acids is 2. The molecule has 9 N–H and O–H groups in total. The Bertz CT molecular complexity index is 969. The van der Waals surface area contributed by atoms with E-state index in [4.69, 9.17) is 16.6 Å². The van der Waals surface area contributed by atoms with Crippen molar-refractivity contribution >= 4 is 35.6 Å². The first-order valence-electron chi connectivity index (χ1n) is 11.7. The van der Waals surface area contributed by atoms with Crippen molar-refractivity contribution in [1.82, 2.24) is 16.0 Å². The molecule has 0 aliphatic rings. The Morgan fingerprint density at radius 1 is 0.838 bits per heavy atom. The summed E-state index contributed by atoms with van der Waals surface area (Å²) in [6.45, 7) is 3.58. The summed E-state index contributed by atoms with van der Waals surface area (Å²) < 4.78 is 0. The number of carbonyl (C=O) groups excluding carboxylic acids is 4. The molecule has 0 fully saturated rings. The van der Waals surface area contributed by atoms with Crippen molar-refractivity contribution in [3.05, 3.63) is 35.9 Å². The van der Waals surface area contributed by atoms with Gasteiger partial charge >= 0.3 is 11.9 Å². The number of carbonyl (C=O) groups is 6. The van der Waals surface area contributed by atoms with E-state index in [1.165, 1.54) is 0 Å². The summed E-state index contributed by atoms with van der Waals surface area (Å²) in [5.41, 5.74) is 11.5. The van der Waals surface area contributed by atoms with E-state index in [0.717, 1.165) is 0 Å². The highest BCUT2D eigenvalue weighted by atomic mass is 16.4. The molecule has 4 atom stereocenters. The van der Waals surface area contributed by atoms with Crippen LogP contribution in [0.5, 0.6) is 0 Å². The highest BCUT2D eigenvalue weighted by Crippen LogP contribution is 2.09. The summed E-state index contributed by atoms with van der Waals surface area (Å²) in [5.74, 6) is -5.86. The van der Waals surface area contributed by atoms with Crippen molar-refractivity contribution in [3.63, 3.8) is 0 Å². The van der Waals surface area contributed by atoms with Gasteiger partial charge in [0.2, 0.25) is 23.6 Å². The topological polar surface area (TPSA) is 231 Å². The second kappa shape index (κ2) is 15.2. The molecule has 37 heavy (non-hydrogen) atoms. The minimum atomic E-state index is -1.47.